The Balaban J connectivity index is 3.08. The SMILES string of the molecule is CCCCC(=O)CCCCCOC. The van der Waals surface area contributed by atoms with Crippen LogP contribution in [0.2, 0.25) is 0 Å². The molecule has 0 fully saturated rings. The summed E-state index contributed by atoms with van der Waals surface area (Å²) in [6, 6.07) is 0. The van der Waals surface area contributed by atoms with Crippen molar-refractivity contribution in [2.75, 3.05) is 13.7 Å². The van der Waals surface area contributed by atoms with Gasteiger partial charge in [0.05, 0.1) is 0 Å². The number of ether oxygens (including phenoxy) is 1. The van der Waals surface area contributed by atoms with Crippen molar-refractivity contribution in [1.29, 1.82) is 0 Å². The molecule has 0 atom stereocenters. The Hall–Kier alpha value is -0.370. The van der Waals surface area contributed by atoms with Gasteiger partial charge in [-0.25, -0.2) is 0 Å². The van der Waals surface area contributed by atoms with E-state index < -0.39 is 0 Å². The molecule has 0 N–H and O–H groups in total. The van der Waals surface area contributed by atoms with Crippen LogP contribution >= 0.6 is 0 Å². The molecule has 13 heavy (non-hydrogen) atoms. The third-order valence-corrected chi connectivity index (χ3v) is 2.11. The standard InChI is InChI=1S/C11H22O2/c1-3-4-8-11(12)9-6-5-7-10-13-2/h3-10H2,1-2H3. The third-order valence-electron chi connectivity index (χ3n) is 2.11. The molecule has 0 rings (SSSR count). The predicted molar refractivity (Wildman–Crippen MR) is 54.9 cm³/mol. The normalized spacial score (nSPS) is 10.3. The second kappa shape index (κ2) is 9.72. The molecule has 2 nitrogen and oxygen atoms in total. The van der Waals surface area contributed by atoms with E-state index in [1.54, 1.807) is 7.11 Å². The molecule has 0 spiro atoms. The number of carbonyl (C=O) groups excluding carboxylic acids is 1. The van der Waals surface area contributed by atoms with E-state index in [0.29, 0.717) is 5.78 Å². The van der Waals surface area contributed by atoms with Crippen molar-refractivity contribution in [2.45, 2.75) is 51.9 Å². The average Bonchev–Trinajstić information content (AvgIpc) is 2.14. The zero-order valence-corrected chi connectivity index (χ0v) is 8.97. The van der Waals surface area contributed by atoms with Crippen molar-refractivity contribution in [3.05, 3.63) is 0 Å². The largest absolute Gasteiger partial charge is 0.385 e. The van der Waals surface area contributed by atoms with E-state index in [-0.39, 0.29) is 0 Å². The minimum atomic E-state index is 0.430. The Kier molecular flexibility index (Phi) is 9.44. The maximum atomic E-state index is 11.2. The first-order valence-corrected chi connectivity index (χ1v) is 5.32. The van der Waals surface area contributed by atoms with E-state index in [4.69, 9.17) is 4.74 Å². The Labute approximate surface area is 81.7 Å². The van der Waals surface area contributed by atoms with Gasteiger partial charge < -0.3 is 4.74 Å². The molecular formula is C11H22O2. The van der Waals surface area contributed by atoms with E-state index in [9.17, 15) is 4.79 Å². The summed E-state index contributed by atoms with van der Waals surface area (Å²) < 4.78 is 4.93. The lowest BCUT2D eigenvalue weighted by molar-refractivity contribution is -0.119. The van der Waals surface area contributed by atoms with Crippen molar-refractivity contribution >= 4 is 5.78 Å². The zero-order valence-electron chi connectivity index (χ0n) is 8.97. The fourth-order valence-electron chi connectivity index (χ4n) is 1.24. The molecule has 0 saturated heterocycles. The van der Waals surface area contributed by atoms with Gasteiger partial charge in [0, 0.05) is 26.6 Å². The highest BCUT2D eigenvalue weighted by molar-refractivity contribution is 5.78. The number of hydrogen-bond donors (Lipinski definition) is 0. The second-order valence-electron chi connectivity index (χ2n) is 3.45. The molecule has 0 aromatic heterocycles. The summed E-state index contributed by atoms with van der Waals surface area (Å²) in [6.45, 7) is 2.94. The van der Waals surface area contributed by atoms with Crippen LogP contribution in [0.3, 0.4) is 0 Å². The molecule has 2 heteroatoms. The summed E-state index contributed by atoms with van der Waals surface area (Å²) >= 11 is 0. The minimum Gasteiger partial charge on any atom is -0.385 e. The number of carbonyl (C=O) groups is 1. The van der Waals surface area contributed by atoms with E-state index in [1.807, 2.05) is 0 Å². The van der Waals surface area contributed by atoms with E-state index in [0.717, 1.165) is 51.6 Å². The molecule has 0 heterocycles. The highest BCUT2D eigenvalue weighted by Gasteiger charge is 2.00. The highest BCUT2D eigenvalue weighted by atomic mass is 16.5. The third kappa shape index (κ3) is 9.54. The van der Waals surface area contributed by atoms with Crippen molar-refractivity contribution in [3.8, 4) is 0 Å². The Bertz CT molecular complexity index is 121. The smallest absolute Gasteiger partial charge is 0.132 e. The van der Waals surface area contributed by atoms with Crippen molar-refractivity contribution in [1.82, 2.24) is 0 Å². The monoisotopic (exact) mass is 186 g/mol. The van der Waals surface area contributed by atoms with Gasteiger partial charge in [-0.3, -0.25) is 4.79 Å². The summed E-state index contributed by atoms with van der Waals surface area (Å²) in [5, 5.41) is 0. The van der Waals surface area contributed by atoms with Crippen molar-refractivity contribution in [3.63, 3.8) is 0 Å². The van der Waals surface area contributed by atoms with Crippen molar-refractivity contribution in [2.24, 2.45) is 0 Å². The van der Waals surface area contributed by atoms with Gasteiger partial charge in [-0.15, -0.1) is 0 Å². The maximum Gasteiger partial charge on any atom is 0.132 e. The molecule has 78 valence electrons. The first-order chi connectivity index (χ1) is 6.31. The van der Waals surface area contributed by atoms with Gasteiger partial charge in [-0.05, 0) is 19.3 Å². The van der Waals surface area contributed by atoms with Gasteiger partial charge in [0.25, 0.3) is 0 Å². The Morgan fingerprint density at radius 2 is 1.77 bits per heavy atom. The van der Waals surface area contributed by atoms with Crippen LogP contribution in [0.1, 0.15) is 51.9 Å². The van der Waals surface area contributed by atoms with Crippen LogP contribution < -0.4 is 0 Å². The lowest BCUT2D eigenvalue weighted by atomic mass is 10.1. The number of hydrogen-bond acceptors (Lipinski definition) is 2. The van der Waals surface area contributed by atoms with Gasteiger partial charge in [0.15, 0.2) is 0 Å². The lowest BCUT2D eigenvalue weighted by Gasteiger charge is -2.00. The van der Waals surface area contributed by atoms with Gasteiger partial charge in [0.1, 0.15) is 5.78 Å². The maximum absolute atomic E-state index is 11.2. The van der Waals surface area contributed by atoms with Gasteiger partial charge in [-0.1, -0.05) is 19.8 Å². The molecule has 0 aromatic carbocycles. The summed E-state index contributed by atoms with van der Waals surface area (Å²) in [4.78, 5) is 11.2. The summed E-state index contributed by atoms with van der Waals surface area (Å²) in [5.41, 5.74) is 0. The fraction of sp³-hybridized carbons (Fsp3) is 0.909. The molecule has 0 aliphatic carbocycles. The topological polar surface area (TPSA) is 26.3 Å². The summed E-state index contributed by atoms with van der Waals surface area (Å²) in [5.74, 6) is 0.430. The molecule has 0 aromatic rings. The number of ketones is 1. The number of rotatable bonds is 9. The number of unbranched alkanes of at least 4 members (excludes halogenated alkanes) is 3. The molecule has 0 unspecified atom stereocenters. The van der Waals surface area contributed by atoms with Crippen LogP contribution in [0.5, 0.6) is 0 Å². The fourth-order valence-corrected chi connectivity index (χ4v) is 1.24. The first-order valence-electron chi connectivity index (χ1n) is 5.32. The first kappa shape index (κ1) is 12.6. The zero-order chi connectivity index (χ0) is 9.94. The number of methoxy groups -OCH3 is 1. The van der Waals surface area contributed by atoms with E-state index >= 15 is 0 Å². The molecule has 0 amide bonds. The quantitative estimate of drug-likeness (QED) is 0.517. The Morgan fingerprint density at radius 1 is 1.08 bits per heavy atom. The van der Waals surface area contributed by atoms with Gasteiger partial charge in [-0.2, -0.15) is 0 Å². The van der Waals surface area contributed by atoms with Gasteiger partial charge >= 0.3 is 0 Å². The van der Waals surface area contributed by atoms with Crippen LogP contribution in [0, 0.1) is 0 Å². The molecule has 0 aliphatic rings. The van der Waals surface area contributed by atoms with E-state index in [1.165, 1.54) is 0 Å². The minimum absolute atomic E-state index is 0.430. The second-order valence-corrected chi connectivity index (χ2v) is 3.45. The molecule has 0 saturated carbocycles. The van der Waals surface area contributed by atoms with Crippen LogP contribution in [0.15, 0.2) is 0 Å². The predicted octanol–water partition coefficient (Wildman–Crippen LogP) is 2.95. The van der Waals surface area contributed by atoms with Crippen LogP contribution in [0.25, 0.3) is 0 Å². The van der Waals surface area contributed by atoms with Crippen LogP contribution in [-0.2, 0) is 9.53 Å². The Morgan fingerprint density at radius 3 is 2.38 bits per heavy atom. The van der Waals surface area contributed by atoms with Crippen LogP contribution in [0.4, 0.5) is 0 Å². The molecule has 0 radical (unpaired) electrons. The molecule has 0 bridgehead atoms. The van der Waals surface area contributed by atoms with Crippen LogP contribution in [-0.4, -0.2) is 19.5 Å². The molecule has 0 aliphatic heterocycles. The van der Waals surface area contributed by atoms with E-state index in [2.05, 4.69) is 6.92 Å². The summed E-state index contributed by atoms with van der Waals surface area (Å²) in [7, 11) is 1.71. The lowest BCUT2D eigenvalue weighted by Crippen LogP contribution is -1.97. The highest BCUT2D eigenvalue weighted by Crippen LogP contribution is 2.05. The van der Waals surface area contributed by atoms with Gasteiger partial charge in [0.2, 0.25) is 0 Å². The summed E-state index contributed by atoms with van der Waals surface area (Å²) in [6.07, 6.45) is 6.95. The average molecular weight is 186 g/mol. The van der Waals surface area contributed by atoms with Crippen molar-refractivity contribution < 1.29 is 9.53 Å². The number of Topliss-reactive ketones (excluding diaryl/α,β-unsaturated/α-hetero) is 1. The molecular weight excluding hydrogens is 164 g/mol.